The van der Waals surface area contributed by atoms with Crippen molar-refractivity contribution in [1.29, 1.82) is 0 Å². The number of nitrogens with one attached hydrogen (secondary N) is 1. The molecule has 100 valence electrons. The van der Waals surface area contributed by atoms with Crippen molar-refractivity contribution in [1.82, 2.24) is 5.32 Å². The van der Waals surface area contributed by atoms with Gasteiger partial charge in [-0.25, -0.2) is 0 Å². The Bertz CT molecular complexity index is 401. The maximum absolute atomic E-state index is 12.1. The third-order valence-electron chi connectivity index (χ3n) is 2.93. The van der Waals surface area contributed by atoms with E-state index in [4.69, 9.17) is 23.2 Å². The zero-order valence-corrected chi connectivity index (χ0v) is 12.5. The first-order chi connectivity index (χ1) is 8.40. The zero-order valence-electron chi connectivity index (χ0n) is 11.0. The summed E-state index contributed by atoms with van der Waals surface area (Å²) in [5, 5.41) is 3.72. The Labute approximate surface area is 119 Å². The number of hydrogen-bond acceptors (Lipinski definition) is 1. The topological polar surface area (TPSA) is 29.1 Å². The highest BCUT2D eigenvalue weighted by Gasteiger charge is 2.28. The maximum atomic E-state index is 12.1. The molecule has 0 heterocycles. The van der Waals surface area contributed by atoms with Crippen LogP contribution in [0.2, 0.25) is 5.02 Å². The van der Waals surface area contributed by atoms with Crippen molar-refractivity contribution in [2.45, 2.75) is 33.2 Å². The lowest BCUT2D eigenvalue weighted by Crippen LogP contribution is -2.40. The molecule has 0 radical (unpaired) electrons. The van der Waals surface area contributed by atoms with Crippen LogP contribution in [0.1, 0.15) is 38.8 Å². The minimum absolute atomic E-state index is 0.00254. The first-order valence-electron chi connectivity index (χ1n) is 6.03. The molecule has 1 aromatic rings. The van der Waals surface area contributed by atoms with Crippen molar-refractivity contribution in [3.8, 4) is 0 Å². The van der Waals surface area contributed by atoms with E-state index >= 15 is 0 Å². The largest absolute Gasteiger partial charge is 0.349 e. The lowest BCUT2D eigenvalue weighted by Gasteiger charge is -2.25. The second-order valence-corrected chi connectivity index (χ2v) is 5.71. The summed E-state index contributed by atoms with van der Waals surface area (Å²) in [6.07, 6.45) is 0.825. The number of amides is 1. The molecule has 0 saturated carbocycles. The minimum Gasteiger partial charge on any atom is -0.349 e. The summed E-state index contributed by atoms with van der Waals surface area (Å²) in [7, 11) is 0. The van der Waals surface area contributed by atoms with Crippen LogP contribution in [0, 0.1) is 5.41 Å². The summed E-state index contributed by atoms with van der Waals surface area (Å²) < 4.78 is 0. The third-order valence-corrected chi connectivity index (χ3v) is 3.85. The van der Waals surface area contributed by atoms with Crippen LogP contribution in [0.5, 0.6) is 0 Å². The minimum atomic E-state index is -0.554. The molecule has 1 amide bonds. The lowest BCUT2D eigenvalue weighted by molar-refractivity contribution is -0.129. The molecule has 0 spiro atoms. The Balaban J connectivity index is 2.80. The van der Waals surface area contributed by atoms with Gasteiger partial charge in [0.05, 0.1) is 11.5 Å². The summed E-state index contributed by atoms with van der Waals surface area (Å²) in [6.45, 7) is 5.71. The van der Waals surface area contributed by atoms with Crippen LogP contribution in [0.3, 0.4) is 0 Å². The van der Waals surface area contributed by atoms with E-state index in [0.29, 0.717) is 10.9 Å². The van der Waals surface area contributed by atoms with Gasteiger partial charge in [-0.3, -0.25) is 4.79 Å². The second kappa shape index (κ2) is 6.44. The van der Waals surface area contributed by atoms with E-state index in [2.05, 4.69) is 5.32 Å². The molecule has 4 heteroatoms. The van der Waals surface area contributed by atoms with E-state index in [1.807, 2.05) is 45.0 Å². The van der Waals surface area contributed by atoms with Gasteiger partial charge in [0.1, 0.15) is 0 Å². The van der Waals surface area contributed by atoms with Crippen LogP contribution in [-0.4, -0.2) is 11.8 Å². The van der Waals surface area contributed by atoms with Gasteiger partial charge in [0.2, 0.25) is 5.91 Å². The number of alkyl halides is 1. The van der Waals surface area contributed by atoms with Gasteiger partial charge in [0, 0.05) is 10.9 Å². The smallest absolute Gasteiger partial charge is 0.227 e. The highest BCUT2D eigenvalue weighted by Crippen LogP contribution is 2.23. The van der Waals surface area contributed by atoms with Crippen LogP contribution in [0.25, 0.3) is 0 Å². The predicted molar refractivity (Wildman–Crippen MR) is 77.1 cm³/mol. The Morgan fingerprint density at radius 2 is 1.89 bits per heavy atom. The highest BCUT2D eigenvalue weighted by atomic mass is 35.5. The van der Waals surface area contributed by atoms with E-state index in [0.717, 1.165) is 12.0 Å². The van der Waals surface area contributed by atoms with Crippen LogP contribution in [0.4, 0.5) is 0 Å². The van der Waals surface area contributed by atoms with E-state index in [9.17, 15) is 4.79 Å². The number of carbonyl (C=O) groups is 1. The second-order valence-electron chi connectivity index (χ2n) is 5.00. The summed E-state index contributed by atoms with van der Waals surface area (Å²) in [6, 6.07) is 7.53. The number of hydrogen-bond donors (Lipinski definition) is 1. The SMILES string of the molecule is CCC(NC(=O)C(C)(C)CCl)c1ccc(Cl)cc1. The molecular formula is C14H19Cl2NO. The van der Waals surface area contributed by atoms with Gasteiger partial charge in [0.15, 0.2) is 0 Å². The number of benzene rings is 1. The number of rotatable bonds is 5. The van der Waals surface area contributed by atoms with Gasteiger partial charge in [-0.2, -0.15) is 0 Å². The van der Waals surface area contributed by atoms with Crippen molar-refractivity contribution in [2.24, 2.45) is 5.41 Å². The first-order valence-corrected chi connectivity index (χ1v) is 6.94. The quantitative estimate of drug-likeness (QED) is 0.809. The lowest BCUT2D eigenvalue weighted by atomic mass is 9.93. The summed E-state index contributed by atoms with van der Waals surface area (Å²) in [5.41, 5.74) is 0.502. The third kappa shape index (κ3) is 3.89. The monoisotopic (exact) mass is 287 g/mol. The molecule has 0 aliphatic heterocycles. The fourth-order valence-electron chi connectivity index (χ4n) is 1.53. The Kier molecular flexibility index (Phi) is 5.48. The average molecular weight is 288 g/mol. The molecule has 0 bridgehead atoms. The molecule has 1 aromatic carbocycles. The highest BCUT2D eigenvalue weighted by molar-refractivity contribution is 6.30. The average Bonchev–Trinajstić information content (AvgIpc) is 2.36. The molecule has 0 saturated heterocycles. The van der Waals surface area contributed by atoms with Crippen molar-refractivity contribution < 1.29 is 4.79 Å². The van der Waals surface area contributed by atoms with Crippen LogP contribution >= 0.6 is 23.2 Å². The zero-order chi connectivity index (χ0) is 13.8. The van der Waals surface area contributed by atoms with E-state index < -0.39 is 5.41 Å². The van der Waals surface area contributed by atoms with Gasteiger partial charge in [-0.15, -0.1) is 11.6 Å². The summed E-state index contributed by atoms with van der Waals surface area (Å²) >= 11 is 11.7. The standard InChI is InChI=1S/C14H19Cl2NO/c1-4-12(10-5-7-11(16)8-6-10)17-13(18)14(2,3)9-15/h5-8,12H,4,9H2,1-3H3,(H,17,18). The van der Waals surface area contributed by atoms with Gasteiger partial charge >= 0.3 is 0 Å². The predicted octanol–water partition coefficient (Wildman–Crippen LogP) is 4.17. The van der Waals surface area contributed by atoms with Crippen LogP contribution < -0.4 is 5.32 Å². The molecule has 0 aliphatic rings. The summed E-state index contributed by atoms with van der Waals surface area (Å²) in [5.74, 6) is 0.273. The Hall–Kier alpha value is -0.730. The van der Waals surface area contributed by atoms with Gasteiger partial charge in [-0.05, 0) is 38.0 Å². The molecule has 0 aromatic heterocycles. The van der Waals surface area contributed by atoms with Crippen LogP contribution in [-0.2, 0) is 4.79 Å². The summed E-state index contributed by atoms with van der Waals surface area (Å²) in [4.78, 5) is 12.1. The van der Waals surface area contributed by atoms with E-state index in [-0.39, 0.29) is 11.9 Å². The van der Waals surface area contributed by atoms with Crippen molar-refractivity contribution >= 4 is 29.1 Å². The van der Waals surface area contributed by atoms with E-state index in [1.165, 1.54) is 0 Å². The number of halogens is 2. The molecule has 1 atom stereocenters. The van der Waals surface area contributed by atoms with Gasteiger partial charge in [0.25, 0.3) is 0 Å². The maximum Gasteiger partial charge on any atom is 0.227 e. The Morgan fingerprint density at radius 1 is 1.33 bits per heavy atom. The van der Waals surface area contributed by atoms with Gasteiger partial charge < -0.3 is 5.32 Å². The van der Waals surface area contributed by atoms with Crippen molar-refractivity contribution in [2.75, 3.05) is 5.88 Å². The first kappa shape index (κ1) is 15.3. The fraction of sp³-hybridized carbons (Fsp3) is 0.500. The Morgan fingerprint density at radius 3 is 2.33 bits per heavy atom. The normalized spacial score (nSPS) is 13.2. The fourth-order valence-corrected chi connectivity index (χ4v) is 1.78. The molecular weight excluding hydrogens is 269 g/mol. The number of carbonyl (C=O) groups excluding carboxylic acids is 1. The molecule has 0 aliphatic carbocycles. The van der Waals surface area contributed by atoms with Gasteiger partial charge in [-0.1, -0.05) is 30.7 Å². The van der Waals surface area contributed by atoms with Crippen molar-refractivity contribution in [3.63, 3.8) is 0 Å². The molecule has 1 unspecified atom stereocenters. The molecule has 2 nitrogen and oxygen atoms in total. The van der Waals surface area contributed by atoms with E-state index in [1.54, 1.807) is 0 Å². The molecule has 18 heavy (non-hydrogen) atoms. The van der Waals surface area contributed by atoms with Crippen LogP contribution in [0.15, 0.2) is 24.3 Å². The molecule has 1 rings (SSSR count). The molecule has 0 fully saturated rings. The molecule has 1 N–H and O–H groups in total. The van der Waals surface area contributed by atoms with Crippen molar-refractivity contribution in [3.05, 3.63) is 34.9 Å².